The fourth-order valence-corrected chi connectivity index (χ4v) is 3.11. The zero-order valence-corrected chi connectivity index (χ0v) is 11.2. The molecule has 2 rings (SSSR count). The molecular weight excluding hydrogens is 241 g/mol. The minimum atomic E-state index is -4.08. The maximum atomic E-state index is 13.2. The molecule has 1 aliphatic carbocycles. The smallest absolute Gasteiger partial charge is 0.310 e. The van der Waals surface area contributed by atoms with Crippen LogP contribution in [0.5, 0.6) is 0 Å². The van der Waals surface area contributed by atoms with E-state index in [1.54, 1.807) is 4.90 Å². The predicted molar refractivity (Wildman–Crippen MR) is 65.5 cm³/mol. The molecule has 0 aromatic rings. The van der Waals surface area contributed by atoms with Gasteiger partial charge in [0.2, 0.25) is 0 Å². The van der Waals surface area contributed by atoms with Crippen LogP contribution >= 0.6 is 0 Å². The summed E-state index contributed by atoms with van der Waals surface area (Å²) in [7, 11) is 0. The highest BCUT2D eigenvalue weighted by atomic mass is 19.4. The zero-order valence-electron chi connectivity index (χ0n) is 11.2. The molecule has 0 amide bonds. The van der Waals surface area contributed by atoms with Gasteiger partial charge in [0, 0.05) is 18.6 Å². The second-order valence-corrected chi connectivity index (χ2v) is 5.72. The number of alkyl halides is 3. The number of nitrogens with one attached hydrogen (secondary N) is 1. The van der Waals surface area contributed by atoms with Gasteiger partial charge >= 0.3 is 6.18 Å². The van der Waals surface area contributed by atoms with E-state index in [2.05, 4.69) is 19.2 Å². The standard InChI is InChI=1S/C13H23F3N2/c1-3-11(4-2)10-18(9-5-8-17-11)12(6-7-12)13(14,15)16/h17H,3-10H2,1-2H3. The van der Waals surface area contributed by atoms with Crippen molar-refractivity contribution in [3.05, 3.63) is 0 Å². The maximum absolute atomic E-state index is 13.2. The van der Waals surface area contributed by atoms with Crippen molar-refractivity contribution in [3.8, 4) is 0 Å². The van der Waals surface area contributed by atoms with Crippen molar-refractivity contribution in [2.45, 2.75) is 63.2 Å². The Morgan fingerprint density at radius 2 is 1.78 bits per heavy atom. The first kappa shape index (κ1) is 14.1. The highest BCUT2D eigenvalue weighted by Crippen LogP contribution is 2.54. The molecule has 0 aromatic heterocycles. The first-order valence-electron chi connectivity index (χ1n) is 6.96. The van der Waals surface area contributed by atoms with Gasteiger partial charge in [-0.15, -0.1) is 0 Å². The Bertz CT molecular complexity index is 293. The van der Waals surface area contributed by atoms with Crippen molar-refractivity contribution in [1.29, 1.82) is 0 Å². The van der Waals surface area contributed by atoms with E-state index in [9.17, 15) is 13.2 Å². The van der Waals surface area contributed by atoms with Crippen LogP contribution in [0.15, 0.2) is 0 Å². The van der Waals surface area contributed by atoms with Crippen LogP contribution in [-0.4, -0.2) is 41.8 Å². The van der Waals surface area contributed by atoms with Gasteiger partial charge in [0.05, 0.1) is 0 Å². The van der Waals surface area contributed by atoms with Gasteiger partial charge in [-0.3, -0.25) is 4.90 Å². The van der Waals surface area contributed by atoms with Crippen molar-refractivity contribution in [3.63, 3.8) is 0 Å². The Morgan fingerprint density at radius 3 is 2.22 bits per heavy atom. The fourth-order valence-electron chi connectivity index (χ4n) is 3.11. The summed E-state index contributed by atoms with van der Waals surface area (Å²) < 4.78 is 39.6. The molecule has 5 heteroatoms. The van der Waals surface area contributed by atoms with Gasteiger partial charge < -0.3 is 5.32 Å². The topological polar surface area (TPSA) is 15.3 Å². The molecule has 0 spiro atoms. The summed E-state index contributed by atoms with van der Waals surface area (Å²) in [6, 6.07) is 0. The molecule has 106 valence electrons. The van der Waals surface area contributed by atoms with Crippen LogP contribution < -0.4 is 5.32 Å². The fraction of sp³-hybridized carbons (Fsp3) is 1.00. The van der Waals surface area contributed by atoms with Gasteiger partial charge in [0.1, 0.15) is 5.54 Å². The quantitative estimate of drug-likeness (QED) is 0.843. The summed E-state index contributed by atoms with van der Waals surface area (Å²) in [5.41, 5.74) is -1.65. The molecule has 1 saturated heterocycles. The van der Waals surface area contributed by atoms with Gasteiger partial charge in [-0.25, -0.2) is 0 Å². The van der Waals surface area contributed by atoms with Crippen LogP contribution in [0.3, 0.4) is 0 Å². The molecule has 1 N–H and O–H groups in total. The Morgan fingerprint density at radius 1 is 1.17 bits per heavy atom. The normalized spacial score (nSPS) is 27.8. The van der Waals surface area contributed by atoms with Crippen molar-refractivity contribution in [2.24, 2.45) is 0 Å². The van der Waals surface area contributed by atoms with Crippen molar-refractivity contribution in [2.75, 3.05) is 19.6 Å². The van der Waals surface area contributed by atoms with E-state index in [0.717, 1.165) is 25.8 Å². The first-order chi connectivity index (χ1) is 8.39. The zero-order chi connectivity index (χ0) is 13.4. The van der Waals surface area contributed by atoms with E-state index in [-0.39, 0.29) is 18.4 Å². The van der Waals surface area contributed by atoms with Crippen molar-refractivity contribution in [1.82, 2.24) is 10.2 Å². The minimum absolute atomic E-state index is 0.142. The van der Waals surface area contributed by atoms with Crippen LogP contribution in [0.2, 0.25) is 0 Å². The van der Waals surface area contributed by atoms with Gasteiger partial charge in [0.25, 0.3) is 0 Å². The molecule has 0 radical (unpaired) electrons. The highest BCUT2D eigenvalue weighted by Gasteiger charge is 2.67. The third-order valence-corrected chi connectivity index (χ3v) is 4.81. The summed E-state index contributed by atoms with van der Waals surface area (Å²) in [6.07, 6.45) is -0.952. The van der Waals surface area contributed by atoms with Gasteiger partial charge in [-0.05, 0) is 38.6 Å². The summed E-state index contributed by atoms with van der Waals surface area (Å²) in [4.78, 5) is 1.71. The van der Waals surface area contributed by atoms with Crippen molar-refractivity contribution >= 4 is 0 Å². The molecule has 0 aromatic carbocycles. The van der Waals surface area contributed by atoms with Crippen LogP contribution in [0.1, 0.15) is 46.0 Å². The molecule has 2 aliphatic rings. The van der Waals surface area contributed by atoms with Crippen molar-refractivity contribution < 1.29 is 13.2 Å². The predicted octanol–water partition coefficient (Wildman–Crippen LogP) is 2.94. The van der Waals surface area contributed by atoms with E-state index in [1.165, 1.54) is 0 Å². The average Bonchev–Trinajstić information content (AvgIpc) is 3.12. The van der Waals surface area contributed by atoms with Crippen LogP contribution in [0.4, 0.5) is 13.2 Å². The van der Waals surface area contributed by atoms with E-state index in [1.807, 2.05) is 0 Å². The maximum Gasteiger partial charge on any atom is 0.406 e. The molecule has 1 heterocycles. The Labute approximate surface area is 107 Å². The third-order valence-electron chi connectivity index (χ3n) is 4.81. The number of halogens is 3. The largest absolute Gasteiger partial charge is 0.406 e. The second kappa shape index (κ2) is 4.67. The molecular formula is C13H23F3N2. The Hall–Kier alpha value is -0.290. The summed E-state index contributed by atoms with van der Waals surface area (Å²) in [5, 5.41) is 3.47. The van der Waals surface area contributed by atoms with Crippen LogP contribution in [-0.2, 0) is 0 Å². The molecule has 0 atom stereocenters. The van der Waals surface area contributed by atoms with E-state index in [0.29, 0.717) is 13.1 Å². The Balaban J connectivity index is 2.18. The molecule has 1 saturated carbocycles. The average molecular weight is 264 g/mol. The number of nitrogens with zero attached hydrogens (tertiary/aromatic N) is 1. The second-order valence-electron chi connectivity index (χ2n) is 5.72. The first-order valence-corrected chi connectivity index (χ1v) is 6.96. The summed E-state index contributed by atoms with van der Waals surface area (Å²) in [6.45, 7) is 6.04. The monoisotopic (exact) mass is 264 g/mol. The van der Waals surface area contributed by atoms with E-state index < -0.39 is 11.7 Å². The lowest BCUT2D eigenvalue weighted by atomic mass is 9.91. The van der Waals surface area contributed by atoms with E-state index >= 15 is 0 Å². The van der Waals surface area contributed by atoms with Crippen LogP contribution in [0.25, 0.3) is 0 Å². The number of hydrogen-bond donors (Lipinski definition) is 1. The van der Waals surface area contributed by atoms with E-state index in [4.69, 9.17) is 0 Å². The number of hydrogen-bond acceptors (Lipinski definition) is 2. The lowest BCUT2D eigenvalue weighted by Crippen LogP contribution is -2.56. The molecule has 0 bridgehead atoms. The molecule has 18 heavy (non-hydrogen) atoms. The summed E-state index contributed by atoms with van der Waals surface area (Å²) >= 11 is 0. The number of rotatable bonds is 3. The highest BCUT2D eigenvalue weighted by molar-refractivity contribution is 5.11. The molecule has 0 unspecified atom stereocenters. The molecule has 1 aliphatic heterocycles. The molecule has 2 nitrogen and oxygen atoms in total. The molecule has 2 fully saturated rings. The SMILES string of the molecule is CCC1(CC)CN(C2(C(F)(F)F)CC2)CCCN1. The Kier molecular flexibility index (Phi) is 3.67. The van der Waals surface area contributed by atoms with Gasteiger partial charge in [-0.1, -0.05) is 13.8 Å². The van der Waals surface area contributed by atoms with Gasteiger partial charge in [0.15, 0.2) is 0 Å². The lowest BCUT2D eigenvalue weighted by molar-refractivity contribution is -0.198. The minimum Gasteiger partial charge on any atom is -0.310 e. The van der Waals surface area contributed by atoms with Gasteiger partial charge in [-0.2, -0.15) is 13.2 Å². The summed E-state index contributed by atoms with van der Waals surface area (Å²) in [5.74, 6) is 0. The van der Waals surface area contributed by atoms with Crippen LogP contribution in [0, 0.1) is 0 Å². The third kappa shape index (κ3) is 2.27. The lowest BCUT2D eigenvalue weighted by Gasteiger charge is -2.40.